The summed E-state index contributed by atoms with van der Waals surface area (Å²) in [4.78, 5) is 3.13. The van der Waals surface area contributed by atoms with E-state index in [4.69, 9.17) is 0 Å². The zero-order valence-corrected chi connectivity index (χ0v) is 10.4. The van der Waals surface area contributed by atoms with Crippen LogP contribution in [0.4, 0.5) is 0 Å². The maximum absolute atomic E-state index is 3.70. The Hall–Kier alpha value is -0.120. The highest BCUT2D eigenvalue weighted by Crippen LogP contribution is 2.35. The van der Waals surface area contributed by atoms with E-state index in [0.717, 1.165) is 0 Å². The summed E-state index contributed by atoms with van der Waals surface area (Å²) in [6.07, 6.45) is 0. The molecule has 0 nitrogen and oxygen atoms in total. The van der Waals surface area contributed by atoms with Crippen LogP contribution in [0.3, 0.4) is 0 Å². The molecular formula is C10H9BrS2. The predicted molar refractivity (Wildman–Crippen MR) is 64.1 cm³/mol. The second-order valence-electron chi connectivity index (χ2n) is 2.87. The highest BCUT2D eigenvalue weighted by Gasteiger charge is 2.11. The Morgan fingerprint density at radius 2 is 2.15 bits per heavy atom. The molecule has 68 valence electrons. The first-order valence-corrected chi connectivity index (χ1v) is 6.67. The summed E-state index contributed by atoms with van der Waals surface area (Å²) in [5, 5.41) is 4.30. The van der Waals surface area contributed by atoms with Gasteiger partial charge in [0.15, 0.2) is 0 Å². The third kappa shape index (κ3) is 2.03. The lowest BCUT2D eigenvalue weighted by Crippen LogP contribution is -1.84. The van der Waals surface area contributed by atoms with Crippen LogP contribution in [0.15, 0.2) is 29.0 Å². The summed E-state index contributed by atoms with van der Waals surface area (Å²) in [6.45, 7) is 2.14. The first kappa shape index (κ1) is 9.44. The van der Waals surface area contributed by atoms with Crippen molar-refractivity contribution in [3.8, 4) is 0 Å². The fourth-order valence-electron chi connectivity index (χ4n) is 1.17. The SMILES string of the molecule is Cc1ccc(C(Br)c2ccsc2)s1. The molecule has 1 unspecified atom stereocenters. The van der Waals surface area contributed by atoms with Crippen molar-refractivity contribution >= 4 is 38.6 Å². The van der Waals surface area contributed by atoms with Gasteiger partial charge >= 0.3 is 0 Å². The van der Waals surface area contributed by atoms with E-state index in [0.29, 0.717) is 4.83 Å². The summed E-state index contributed by atoms with van der Waals surface area (Å²) in [5.74, 6) is 0. The lowest BCUT2D eigenvalue weighted by molar-refractivity contribution is 1.25. The maximum Gasteiger partial charge on any atom is 0.0746 e. The van der Waals surface area contributed by atoms with Crippen LogP contribution in [0.2, 0.25) is 0 Å². The van der Waals surface area contributed by atoms with E-state index in [1.54, 1.807) is 11.3 Å². The average molecular weight is 273 g/mol. The molecule has 0 bridgehead atoms. The summed E-state index contributed by atoms with van der Waals surface area (Å²) >= 11 is 7.30. The van der Waals surface area contributed by atoms with Crippen molar-refractivity contribution < 1.29 is 0 Å². The van der Waals surface area contributed by atoms with Gasteiger partial charge in [-0.3, -0.25) is 0 Å². The van der Waals surface area contributed by atoms with Crippen molar-refractivity contribution in [2.75, 3.05) is 0 Å². The zero-order chi connectivity index (χ0) is 9.26. The lowest BCUT2D eigenvalue weighted by Gasteiger charge is -2.03. The van der Waals surface area contributed by atoms with E-state index >= 15 is 0 Å². The van der Waals surface area contributed by atoms with Crippen LogP contribution < -0.4 is 0 Å². The number of rotatable bonds is 2. The molecule has 0 radical (unpaired) electrons. The van der Waals surface area contributed by atoms with Gasteiger partial charge in [-0.05, 0) is 41.4 Å². The van der Waals surface area contributed by atoms with Gasteiger partial charge in [0.2, 0.25) is 0 Å². The van der Waals surface area contributed by atoms with Gasteiger partial charge in [0.1, 0.15) is 0 Å². The van der Waals surface area contributed by atoms with E-state index in [-0.39, 0.29) is 0 Å². The summed E-state index contributed by atoms with van der Waals surface area (Å²) in [5.41, 5.74) is 1.35. The highest BCUT2D eigenvalue weighted by atomic mass is 79.9. The monoisotopic (exact) mass is 272 g/mol. The minimum Gasteiger partial charge on any atom is -0.152 e. The normalized spacial score (nSPS) is 13.1. The molecule has 0 aromatic carbocycles. The molecular weight excluding hydrogens is 264 g/mol. The van der Waals surface area contributed by atoms with Crippen molar-refractivity contribution in [3.05, 3.63) is 44.3 Å². The Balaban J connectivity index is 2.28. The molecule has 13 heavy (non-hydrogen) atoms. The largest absolute Gasteiger partial charge is 0.152 e. The smallest absolute Gasteiger partial charge is 0.0746 e. The van der Waals surface area contributed by atoms with Gasteiger partial charge in [-0.1, -0.05) is 15.9 Å². The highest BCUT2D eigenvalue weighted by molar-refractivity contribution is 9.09. The minimum atomic E-state index is 0.373. The van der Waals surface area contributed by atoms with Crippen LogP contribution in [-0.4, -0.2) is 0 Å². The molecule has 2 rings (SSSR count). The molecule has 0 amide bonds. The van der Waals surface area contributed by atoms with Crippen molar-refractivity contribution in [1.29, 1.82) is 0 Å². The third-order valence-electron chi connectivity index (χ3n) is 1.85. The number of hydrogen-bond acceptors (Lipinski definition) is 2. The standard InChI is InChI=1S/C10H9BrS2/c1-7-2-3-9(13-7)10(11)8-4-5-12-6-8/h2-6,10H,1H3. The number of halogens is 1. The first-order chi connectivity index (χ1) is 6.27. The quantitative estimate of drug-likeness (QED) is 0.701. The van der Waals surface area contributed by atoms with Crippen LogP contribution in [0.1, 0.15) is 20.1 Å². The maximum atomic E-state index is 3.70. The molecule has 2 aromatic rings. The van der Waals surface area contributed by atoms with Crippen LogP contribution >= 0.6 is 38.6 Å². The zero-order valence-electron chi connectivity index (χ0n) is 7.16. The molecule has 2 heterocycles. The molecule has 0 N–H and O–H groups in total. The molecule has 0 aliphatic carbocycles. The van der Waals surface area contributed by atoms with Crippen LogP contribution in [0, 0.1) is 6.92 Å². The molecule has 0 saturated carbocycles. The first-order valence-electron chi connectivity index (χ1n) is 4.00. The fraction of sp³-hybridized carbons (Fsp3) is 0.200. The molecule has 3 heteroatoms. The Kier molecular flexibility index (Phi) is 2.86. The van der Waals surface area contributed by atoms with Gasteiger partial charge in [0, 0.05) is 9.75 Å². The lowest BCUT2D eigenvalue weighted by atomic mass is 10.2. The molecule has 0 fully saturated rings. The predicted octanol–water partition coefficient (Wildman–Crippen LogP) is 4.60. The van der Waals surface area contributed by atoms with Crippen molar-refractivity contribution in [2.24, 2.45) is 0 Å². The van der Waals surface area contributed by atoms with Crippen molar-refractivity contribution in [2.45, 2.75) is 11.8 Å². The second-order valence-corrected chi connectivity index (χ2v) is 5.88. The van der Waals surface area contributed by atoms with Gasteiger partial charge in [-0.15, -0.1) is 11.3 Å². The van der Waals surface area contributed by atoms with Crippen molar-refractivity contribution in [3.63, 3.8) is 0 Å². The van der Waals surface area contributed by atoms with Crippen LogP contribution in [-0.2, 0) is 0 Å². The van der Waals surface area contributed by atoms with E-state index in [1.807, 2.05) is 11.3 Å². The number of aryl methyl sites for hydroxylation is 1. The Morgan fingerprint density at radius 3 is 2.69 bits per heavy atom. The topological polar surface area (TPSA) is 0 Å². The van der Waals surface area contributed by atoms with E-state index in [1.165, 1.54) is 15.3 Å². The molecule has 0 aliphatic rings. The molecule has 0 aliphatic heterocycles. The third-order valence-corrected chi connectivity index (χ3v) is 4.94. The minimum absolute atomic E-state index is 0.373. The second kappa shape index (κ2) is 3.95. The van der Waals surface area contributed by atoms with E-state index in [9.17, 15) is 0 Å². The Bertz CT molecular complexity index is 375. The van der Waals surface area contributed by atoms with Gasteiger partial charge in [-0.25, -0.2) is 0 Å². The van der Waals surface area contributed by atoms with Crippen molar-refractivity contribution in [1.82, 2.24) is 0 Å². The average Bonchev–Trinajstić information content (AvgIpc) is 2.72. The van der Waals surface area contributed by atoms with E-state index in [2.05, 4.69) is 51.8 Å². The Labute approximate surface area is 94.4 Å². The van der Waals surface area contributed by atoms with Crippen LogP contribution in [0.25, 0.3) is 0 Å². The molecule has 2 aromatic heterocycles. The van der Waals surface area contributed by atoms with Crippen LogP contribution in [0.5, 0.6) is 0 Å². The Morgan fingerprint density at radius 1 is 1.31 bits per heavy atom. The van der Waals surface area contributed by atoms with Gasteiger partial charge < -0.3 is 0 Å². The number of hydrogen-bond donors (Lipinski definition) is 0. The molecule has 1 atom stereocenters. The molecule has 0 saturated heterocycles. The number of thiophene rings is 2. The van der Waals surface area contributed by atoms with E-state index < -0.39 is 0 Å². The summed E-state index contributed by atoms with van der Waals surface area (Å²) in [6, 6.07) is 6.52. The van der Waals surface area contributed by atoms with Gasteiger partial charge in [-0.2, -0.15) is 11.3 Å². The van der Waals surface area contributed by atoms with Gasteiger partial charge in [0.25, 0.3) is 0 Å². The van der Waals surface area contributed by atoms with Gasteiger partial charge in [0.05, 0.1) is 4.83 Å². The summed E-state index contributed by atoms with van der Waals surface area (Å²) in [7, 11) is 0. The summed E-state index contributed by atoms with van der Waals surface area (Å²) < 4.78 is 0. The molecule has 0 spiro atoms. The number of alkyl halides is 1. The fourth-order valence-corrected chi connectivity index (χ4v) is 3.64.